The van der Waals surface area contributed by atoms with Crippen LogP contribution in [-0.2, 0) is 19.6 Å². The smallest absolute Gasteiger partial charge is 0.203 e. The van der Waals surface area contributed by atoms with E-state index in [0.29, 0.717) is 6.04 Å². The van der Waals surface area contributed by atoms with Gasteiger partial charge in [-0.1, -0.05) is 37.3 Å². The number of aromatic nitrogens is 3. The summed E-state index contributed by atoms with van der Waals surface area (Å²) in [5.41, 5.74) is 2.79. The molecule has 0 aliphatic carbocycles. The van der Waals surface area contributed by atoms with Gasteiger partial charge in [0.15, 0.2) is 6.67 Å². The van der Waals surface area contributed by atoms with Gasteiger partial charge in [0.1, 0.15) is 11.9 Å². The van der Waals surface area contributed by atoms with Gasteiger partial charge in [0.25, 0.3) is 0 Å². The van der Waals surface area contributed by atoms with E-state index in [-0.39, 0.29) is 0 Å². The molecule has 0 saturated heterocycles. The van der Waals surface area contributed by atoms with E-state index in [0.717, 1.165) is 43.2 Å². The van der Waals surface area contributed by atoms with Crippen molar-refractivity contribution in [1.29, 1.82) is 0 Å². The van der Waals surface area contributed by atoms with Gasteiger partial charge in [0.05, 0.1) is 13.1 Å². The standard InChI is InChI=1S/C20H24N4S2/c1-3-18-17-10-12-26-19(17)9-11-22(18)14-24-20(25)23(15(2)21-24)13-16-7-5-4-6-8-16/h4-8,10,12,18H,3,9,11,13-14H2,1-2H3/p+1/t18-/m1/s1. The first-order valence-electron chi connectivity index (χ1n) is 9.26. The Bertz CT molecular complexity index is 938. The highest BCUT2D eigenvalue weighted by Gasteiger charge is 2.31. The van der Waals surface area contributed by atoms with Crippen molar-refractivity contribution in [1.82, 2.24) is 14.3 Å². The molecule has 4 rings (SSSR count). The molecule has 2 atom stereocenters. The summed E-state index contributed by atoms with van der Waals surface area (Å²) in [5, 5.41) is 7.01. The van der Waals surface area contributed by atoms with E-state index in [1.165, 1.54) is 11.1 Å². The molecule has 136 valence electrons. The number of hydrogen-bond acceptors (Lipinski definition) is 3. The van der Waals surface area contributed by atoms with Crippen LogP contribution in [0.2, 0.25) is 0 Å². The third-order valence-electron chi connectivity index (χ3n) is 5.37. The molecule has 0 radical (unpaired) electrons. The van der Waals surface area contributed by atoms with Crippen LogP contribution in [0.4, 0.5) is 0 Å². The highest BCUT2D eigenvalue weighted by molar-refractivity contribution is 7.71. The number of thiophene rings is 1. The van der Waals surface area contributed by atoms with Crippen molar-refractivity contribution in [3.05, 3.63) is 68.4 Å². The number of benzene rings is 1. The predicted octanol–water partition coefficient (Wildman–Crippen LogP) is 3.38. The SMILES string of the molecule is CC[C@@H]1c2ccsc2CC[NH+]1Cn1nc(C)n(Cc2ccccc2)c1=S. The van der Waals surface area contributed by atoms with Crippen LogP contribution in [-0.4, -0.2) is 20.9 Å². The Hall–Kier alpha value is -1.76. The zero-order valence-corrected chi connectivity index (χ0v) is 16.9. The second kappa shape index (κ2) is 7.47. The predicted molar refractivity (Wildman–Crippen MR) is 108 cm³/mol. The number of aryl methyl sites for hydroxylation is 1. The summed E-state index contributed by atoms with van der Waals surface area (Å²) < 4.78 is 5.00. The van der Waals surface area contributed by atoms with Crippen molar-refractivity contribution in [2.75, 3.05) is 6.54 Å². The summed E-state index contributed by atoms with van der Waals surface area (Å²) >= 11 is 7.67. The molecule has 3 aromatic rings. The highest BCUT2D eigenvalue weighted by atomic mass is 32.1. The van der Waals surface area contributed by atoms with Gasteiger partial charge in [-0.2, -0.15) is 9.78 Å². The van der Waals surface area contributed by atoms with Gasteiger partial charge in [-0.15, -0.1) is 11.3 Å². The van der Waals surface area contributed by atoms with Gasteiger partial charge < -0.3 is 4.90 Å². The molecule has 0 amide bonds. The molecule has 1 N–H and O–H groups in total. The van der Waals surface area contributed by atoms with Crippen LogP contribution >= 0.6 is 23.6 Å². The molecule has 6 heteroatoms. The average molecular weight is 386 g/mol. The quantitative estimate of drug-likeness (QED) is 0.682. The van der Waals surface area contributed by atoms with Crippen LogP contribution < -0.4 is 4.90 Å². The minimum Gasteiger partial charge on any atom is -0.310 e. The maximum Gasteiger partial charge on any atom is 0.203 e. The van der Waals surface area contributed by atoms with Crippen molar-refractivity contribution in [3.63, 3.8) is 0 Å². The Labute approximate surface area is 163 Å². The van der Waals surface area contributed by atoms with Crippen molar-refractivity contribution in [3.8, 4) is 0 Å². The molecule has 1 aliphatic heterocycles. The zero-order valence-electron chi connectivity index (χ0n) is 15.3. The Morgan fingerprint density at radius 1 is 1.27 bits per heavy atom. The van der Waals surface area contributed by atoms with Crippen molar-refractivity contribution >= 4 is 23.6 Å². The molecule has 2 aromatic heterocycles. The van der Waals surface area contributed by atoms with Crippen LogP contribution in [0.25, 0.3) is 0 Å². The fourth-order valence-corrected chi connectivity index (χ4v) is 5.27. The topological polar surface area (TPSA) is 27.2 Å². The molecular weight excluding hydrogens is 360 g/mol. The number of nitrogens with zero attached hydrogens (tertiary/aromatic N) is 3. The zero-order chi connectivity index (χ0) is 18.1. The lowest BCUT2D eigenvalue weighted by atomic mass is 9.98. The van der Waals surface area contributed by atoms with E-state index in [4.69, 9.17) is 17.3 Å². The molecule has 0 bridgehead atoms. The van der Waals surface area contributed by atoms with Crippen LogP contribution in [0.5, 0.6) is 0 Å². The summed E-state index contributed by atoms with van der Waals surface area (Å²) in [6.07, 6.45) is 2.31. The lowest BCUT2D eigenvalue weighted by molar-refractivity contribution is -0.956. The van der Waals surface area contributed by atoms with E-state index >= 15 is 0 Å². The minimum absolute atomic E-state index is 0.548. The normalized spacial score (nSPS) is 19.5. The summed E-state index contributed by atoms with van der Waals surface area (Å²) in [6, 6.07) is 13.3. The Morgan fingerprint density at radius 3 is 2.85 bits per heavy atom. The fourth-order valence-electron chi connectivity index (χ4n) is 4.02. The molecule has 1 aromatic carbocycles. The van der Waals surface area contributed by atoms with E-state index in [1.54, 1.807) is 9.78 Å². The Balaban J connectivity index is 1.58. The van der Waals surface area contributed by atoms with Gasteiger partial charge in [0, 0.05) is 23.3 Å². The van der Waals surface area contributed by atoms with Gasteiger partial charge >= 0.3 is 0 Å². The Kier molecular flexibility index (Phi) is 5.07. The number of nitrogens with one attached hydrogen (secondary N) is 1. The second-order valence-electron chi connectivity index (χ2n) is 6.98. The van der Waals surface area contributed by atoms with E-state index < -0.39 is 0 Å². The first-order chi connectivity index (χ1) is 12.7. The summed E-state index contributed by atoms with van der Waals surface area (Å²) in [7, 11) is 0. The third kappa shape index (κ3) is 3.29. The fraction of sp³-hybridized carbons (Fsp3) is 0.400. The van der Waals surface area contributed by atoms with Gasteiger partial charge in [-0.3, -0.25) is 4.57 Å². The molecule has 0 saturated carbocycles. The van der Waals surface area contributed by atoms with E-state index in [2.05, 4.69) is 54.1 Å². The van der Waals surface area contributed by atoms with Crippen molar-refractivity contribution in [2.45, 2.75) is 45.9 Å². The lowest BCUT2D eigenvalue weighted by Gasteiger charge is -2.31. The van der Waals surface area contributed by atoms with Crippen LogP contribution in [0.1, 0.15) is 41.2 Å². The molecule has 0 fully saturated rings. The van der Waals surface area contributed by atoms with Crippen LogP contribution in [0.3, 0.4) is 0 Å². The second-order valence-corrected chi connectivity index (χ2v) is 8.34. The molecule has 1 unspecified atom stereocenters. The molecular formula is C20H25N4S2+. The molecule has 26 heavy (non-hydrogen) atoms. The highest BCUT2D eigenvalue weighted by Crippen LogP contribution is 2.26. The lowest BCUT2D eigenvalue weighted by Crippen LogP contribution is -3.12. The number of hydrogen-bond donors (Lipinski definition) is 1. The largest absolute Gasteiger partial charge is 0.310 e. The van der Waals surface area contributed by atoms with Gasteiger partial charge in [-0.05, 0) is 36.2 Å². The summed E-state index contributed by atoms with van der Waals surface area (Å²) in [5.74, 6) is 0.986. The van der Waals surface area contributed by atoms with Crippen LogP contribution in [0, 0.1) is 11.7 Å². The number of fused-ring (bicyclic) bond motifs is 1. The van der Waals surface area contributed by atoms with Gasteiger partial charge in [0.2, 0.25) is 4.77 Å². The molecule has 1 aliphatic rings. The van der Waals surface area contributed by atoms with E-state index in [9.17, 15) is 0 Å². The maximum atomic E-state index is 5.77. The van der Waals surface area contributed by atoms with Crippen LogP contribution in [0.15, 0.2) is 41.8 Å². The Morgan fingerprint density at radius 2 is 2.08 bits per heavy atom. The summed E-state index contributed by atoms with van der Waals surface area (Å²) in [4.78, 5) is 3.13. The minimum atomic E-state index is 0.548. The third-order valence-corrected chi connectivity index (χ3v) is 6.80. The van der Waals surface area contributed by atoms with Crippen molar-refractivity contribution < 1.29 is 4.90 Å². The monoisotopic (exact) mass is 385 g/mol. The first-order valence-corrected chi connectivity index (χ1v) is 10.5. The number of rotatable bonds is 5. The maximum absolute atomic E-state index is 5.77. The first kappa shape index (κ1) is 17.6. The van der Waals surface area contributed by atoms with Crippen molar-refractivity contribution in [2.24, 2.45) is 0 Å². The molecule has 4 nitrogen and oxygen atoms in total. The molecule has 0 spiro atoms. The average Bonchev–Trinajstić information content (AvgIpc) is 3.23. The summed E-state index contributed by atoms with van der Waals surface area (Å²) in [6.45, 7) is 7.12. The van der Waals surface area contributed by atoms with E-state index in [1.807, 2.05) is 22.1 Å². The van der Waals surface area contributed by atoms with Gasteiger partial charge in [-0.25, -0.2) is 0 Å². The molecule has 3 heterocycles. The number of quaternary nitrogens is 1.